The molecular formula is C12H10BrN3OS2. The second kappa shape index (κ2) is 5.07. The summed E-state index contributed by atoms with van der Waals surface area (Å²) >= 11 is 6.66. The standard InChI is InChI=1S/C12H10BrN3OS2/c1-15(5-9-4-8(13)7-19-9)11-10(6-17)16-2-3-18-12(16)14-11/h2-4,6-7H,5H2,1H3. The van der Waals surface area contributed by atoms with Crippen LogP contribution in [0.2, 0.25) is 0 Å². The number of nitrogens with zero attached hydrogens (tertiary/aromatic N) is 3. The summed E-state index contributed by atoms with van der Waals surface area (Å²) in [6, 6.07) is 2.08. The van der Waals surface area contributed by atoms with Crippen LogP contribution in [-0.4, -0.2) is 22.7 Å². The van der Waals surface area contributed by atoms with Crippen LogP contribution in [0.4, 0.5) is 5.82 Å². The van der Waals surface area contributed by atoms with Crippen molar-refractivity contribution in [1.29, 1.82) is 0 Å². The molecule has 3 aromatic rings. The first-order valence-electron chi connectivity index (χ1n) is 5.54. The van der Waals surface area contributed by atoms with Crippen LogP contribution in [0.5, 0.6) is 0 Å². The third kappa shape index (κ3) is 2.33. The van der Waals surface area contributed by atoms with Crippen molar-refractivity contribution in [2.45, 2.75) is 6.54 Å². The minimum Gasteiger partial charge on any atom is -0.353 e. The lowest BCUT2D eigenvalue weighted by molar-refractivity contribution is 0.111. The van der Waals surface area contributed by atoms with Gasteiger partial charge in [-0.2, -0.15) is 0 Å². The van der Waals surface area contributed by atoms with Crippen LogP contribution < -0.4 is 4.90 Å². The first-order valence-corrected chi connectivity index (χ1v) is 8.09. The number of aromatic nitrogens is 2. The Morgan fingerprint density at radius 3 is 3.05 bits per heavy atom. The maximum Gasteiger partial charge on any atom is 0.196 e. The zero-order valence-electron chi connectivity index (χ0n) is 10.0. The van der Waals surface area contributed by atoms with Crippen molar-refractivity contribution in [1.82, 2.24) is 9.38 Å². The molecule has 0 aromatic carbocycles. The Hall–Kier alpha value is -1.18. The molecule has 0 fully saturated rings. The lowest BCUT2D eigenvalue weighted by atomic mass is 10.4. The highest BCUT2D eigenvalue weighted by molar-refractivity contribution is 9.10. The van der Waals surface area contributed by atoms with Gasteiger partial charge in [0.05, 0.1) is 6.54 Å². The summed E-state index contributed by atoms with van der Waals surface area (Å²) in [5.74, 6) is 0.728. The van der Waals surface area contributed by atoms with E-state index >= 15 is 0 Å². The minimum absolute atomic E-state index is 0.606. The predicted octanol–water partition coefficient (Wildman–Crippen LogP) is 3.67. The van der Waals surface area contributed by atoms with Crippen LogP contribution in [0, 0.1) is 0 Å². The molecule has 19 heavy (non-hydrogen) atoms. The average Bonchev–Trinajstić information content (AvgIpc) is 3.03. The van der Waals surface area contributed by atoms with Gasteiger partial charge in [0.2, 0.25) is 0 Å². The average molecular weight is 356 g/mol. The van der Waals surface area contributed by atoms with Crippen molar-refractivity contribution in [3.8, 4) is 0 Å². The van der Waals surface area contributed by atoms with E-state index in [0.29, 0.717) is 5.69 Å². The molecule has 0 spiro atoms. The van der Waals surface area contributed by atoms with E-state index in [1.165, 1.54) is 16.2 Å². The minimum atomic E-state index is 0.606. The summed E-state index contributed by atoms with van der Waals surface area (Å²) in [7, 11) is 1.95. The van der Waals surface area contributed by atoms with E-state index < -0.39 is 0 Å². The molecule has 3 heterocycles. The first-order chi connectivity index (χ1) is 9.19. The van der Waals surface area contributed by atoms with Crippen molar-refractivity contribution in [2.24, 2.45) is 0 Å². The molecule has 0 unspecified atom stereocenters. The van der Waals surface area contributed by atoms with Gasteiger partial charge in [-0.15, -0.1) is 22.7 Å². The number of imidazole rings is 1. The lowest BCUT2D eigenvalue weighted by Crippen LogP contribution is -2.17. The van der Waals surface area contributed by atoms with Gasteiger partial charge in [-0.1, -0.05) is 0 Å². The number of thiazole rings is 1. The summed E-state index contributed by atoms with van der Waals surface area (Å²) < 4.78 is 2.91. The summed E-state index contributed by atoms with van der Waals surface area (Å²) in [6.45, 7) is 0.738. The van der Waals surface area contributed by atoms with Gasteiger partial charge >= 0.3 is 0 Å². The molecule has 0 amide bonds. The van der Waals surface area contributed by atoms with E-state index in [4.69, 9.17) is 0 Å². The van der Waals surface area contributed by atoms with Gasteiger partial charge in [0.25, 0.3) is 0 Å². The third-order valence-corrected chi connectivity index (χ3v) is 5.21. The maximum atomic E-state index is 11.3. The zero-order valence-corrected chi connectivity index (χ0v) is 13.3. The Bertz CT molecular complexity index is 730. The number of anilines is 1. The number of hydrogen-bond acceptors (Lipinski definition) is 5. The molecule has 0 radical (unpaired) electrons. The van der Waals surface area contributed by atoms with Gasteiger partial charge in [0.1, 0.15) is 5.69 Å². The van der Waals surface area contributed by atoms with Gasteiger partial charge < -0.3 is 4.90 Å². The molecule has 7 heteroatoms. The van der Waals surface area contributed by atoms with Gasteiger partial charge in [-0.3, -0.25) is 9.20 Å². The Morgan fingerprint density at radius 1 is 1.53 bits per heavy atom. The fraction of sp³-hybridized carbons (Fsp3) is 0.167. The molecule has 98 valence electrons. The zero-order chi connectivity index (χ0) is 13.4. The Morgan fingerprint density at radius 2 is 2.37 bits per heavy atom. The maximum absolute atomic E-state index is 11.3. The van der Waals surface area contributed by atoms with Crippen molar-refractivity contribution in [3.05, 3.63) is 38.1 Å². The number of hydrogen-bond donors (Lipinski definition) is 0. The quantitative estimate of drug-likeness (QED) is 0.670. The molecular weight excluding hydrogens is 346 g/mol. The van der Waals surface area contributed by atoms with Gasteiger partial charge in [-0.25, -0.2) is 4.98 Å². The molecule has 0 saturated carbocycles. The molecule has 0 N–H and O–H groups in total. The van der Waals surface area contributed by atoms with E-state index in [-0.39, 0.29) is 0 Å². The topological polar surface area (TPSA) is 37.6 Å². The Labute approximate surface area is 126 Å². The van der Waals surface area contributed by atoms with Gasteiger partial charge in [-0.05, 0) is 22.0 Å². The largest absolute Gasteiger partial charge is 0.353 e. The molecule has 0 aliphatic rings. The molecule has 0 saturated heterocycles. The van der Waals surface area contributed by atoms with Crippen LogP contribution in [0.1, 0.15) is 15.4 Å². The fourth-order valence-electron chi connectivity index (χ4n) is 1.93. The summed E-state index contributed by atoms with van der Waals surface area (Å²) in [6.07, 6.45) is 2.73. The van der Waals surface area contributed by atoms with E-state index in [1.54, 1.807) is 11.3 Å². The summed E-state index contributed by atoms with van der Waals surface area (Å²) in [5, 5.41) is 3.98. The Kier molecular flexibility index (Phi) is 3.42. The van der Waals surface area contributed by atoms with Gasteiger partial charge in [0, 0.05) is 33.4 Å². The fourth-order valence-corrected chi connectivity index (χ4v) is 4.15. The highest BCUT2D eigenvalue weighted by Crippen LogP contribution is 2.26. The van der Waals surface area contributed by atoms with Crippen molar-refractivity contribution < 1.29 is 4.79 Å². The van der Waals surface area contributed by atoms with Crippen molar-refractivity contribution in [2.75, 3.05) is 11.9 Å². The lowest BCUT2D eigenvalue weighted by Gasteiger charge is -2.15. The van der Waals surface area contributed by atoms with Crippen LogP contribution in [0.25, 0.3) is 4.96 Å². The second-order valence-corrected chi connectivity index (χ2v) is 6.87. The smallest absolute Gasteiger partial charge is 0.196 e. The molecule has 3 aromatic heterocycles. The van der Waals surface area contributed by atoms with Crippen LogP contribution in [0.15, 0.2) is 27.5 Å². The first kappa shape index (κ1) is 12.8. The molecule has 0 aliphatic heterocycles. The van der Waals surface area contributed by atoms with E-state index in [9.17, 15) is 4.79 Å². The normalized spacial score (nSPS) is 11.1. The Balaban J connectivity index is 1.94. The summed E-state index contributed by atoms with van der Waals surface area (Å²) in [4.78, 5) is 19.9. The molecule has 4 nitrogen and oxygen atoms in total. The highest BCUT2D eigenvalue weighted by Gasteiger charge is 2.16. The summed E-state index contributed by atoms with van der Waals surface area (Å²) in [5.41, 5.74) is 0.606. The molecule has 3 rings (SSSR count). The predicted molar refractivity (Wildman–Crippen MR) is 82.6 cm³/mol. The van der Waals surface area contributed by atoms with Crippen molar-refractivity contribution in [3.63, 3.8) is 0 Å². The van der Waals surface area contributed by atoms with Crippen LogP contribution in [-0.2, 0) is 6.54 Å². The van der Waals surface area contributed by atoms with Crippen molar-refractivity contribution >= 4 is 55.7 Å². The number of rotatable bonds is 4. The van der Waals surface area contributed by atoms with Crippen LogP contribution >= 0.6 is 38.6 Å². The number of fused-ring (bicyclic) bond motifs is 1. The van der Waals surface area contributed by atoms with E-state index in [0.717, 1.165) is 28.1 Å². The number of aldehydes is 1. The number of carbonyl (C=O) groups is 1. The second-order valence-electron chi connectivity index (χ2n) is 4.08. The third-order valence-electron chi connectivity index (χ3n) is 2.77. The number of halogens is 1. The van der Waals surface area contributed by atoms with E-state index in [1.807, 2.05) is 27.9 Å². The SMILES string of the molecule is CN(Cc1cc(Br)cs1)c1nc2sccn2c1C=O. The number of carbonyl (C=O) groups excluding carboxylic acids is 1. The van der Waals surface area contributed by atoms with Crippen LogP contribution in [0.3, 0.4) is 0 Å². The van der Waals surface area contributed by atoms with E-state index in [2.05, 4.69) is 32.4 Å². The molecule has 0 aliphatic carbocycles. The monoisotopic (exact) mass is 355 g/mol. The highest BCUT2D eigenvalue weighted by atomic mass is 79.9. The van der Waals surface area contributed by atoms with Gasteiger partial charge in [0.15, 0.2) is 17.1 Å². The molecule has 0 atom stereocenters. The molecule has 0 bridgehead atoms. The number of thiophene rings is 1.